The molecular weight excluding hydrogens is 364 g/mol. The summed E-state index contributed by atoms with van der Waals surface area (Å²) < 4.78 is 1.74. The van der Waals surface area contributed by atoms with Crippen molar-refractivity contribution < 1.29 is 9.69 Å². The van der Waals surface area contributed by atoms with Crippen molar-refractivity contribution in [2.75, 3.05) is 25.0 Å². The molecule has 1 aromatic heterocycles. The lowest BCUT2D eigenvalue weighted by Gasteiger charge is -2.15. The number of carbonyl (C=O) groups excluding carboxylic acids is 1. The van der Waals surface area contributed by atoms with Crippen LogP contribution in [0.5, 0.6) is 0 Å². The number of fused-ring (bicyclic) bond motifs is 1. The number of anilines is 1. The Morgan fingerprint density at radius 3 is 2.67 bits per heavy atom. The van der Waals surface area contributed by atoms with Crippen molar-refractivity contribution in [3.8, 4) is 0 Å². The van der Waals surface area contributed by atoms with Crippen LogP contribution in [0.25, 0.3) is 11.0 Å². The van der Waals surface area contributed by atoms with E-state index in [1.54, 1.807) is 41.0 Å². The van der Waals surface area contributed by atoms with Crippen LogP contribution in [0.2, 0.25) is 5.02 Å². The average molecular weight is 388 g/mol. The molecule has 0 spiro atoms. The van der Waals surface area contributed by atoms with Gasteiger partial charge in [0.1, 0.15) is 0 Å². The lowest BCUT2D eigenvalue weighted by atomic mass is 10.2. The molecule has 1 heterocycles. The topological polar surface area (TPSA) is 71.3 Å². The van der Waals surface area contributed by atoms with Gasteiger partial charge in [0.05, 0.1) is 37.2 Å². The van der Waals surface area contributed by atoms with Crippen LogP contribution in [0.15, 0.2) is 47.3 Å². The van der Waals surface area contributed by atoms with Crippen LogP contribution in [0.3, 0.4) is 0 Å². The molecule has 2 aromatic carbocycles. The summed E-state index contributed by atoms with van der Waals surface area (Å²) in [6.45, 7) is 7.87. The highest BCUT2D eigenvalue weighted by Gasteiger charge is 2.13. The second-order valence-electron chi connectivity index (χ2n) is 6.49. The highest BCUT2D eigenvalue weighted by atomic mass is 35.5. The number of nitrogens with one attached hydrogen (secondary N) is 3. The molecule has 0 bridgehead atoms. The fraction of sp³-hybridized carbons (Fsp3) is 0.300. The van der Waals surface area contributed by atoms with E-state index in [0.29, 0.717) is 28.3 Å². The smallest absolute Gasteiger partial charge is 0.326 e. The van der Waals surface area contributed by atoms with Gasteiger partial charge in [0.15, 0.2) is 0 Å². The van der Waals surface area contributed by atoms with Gasteiger partial charge in [0.2, 0.25) is 0 Å². The molecule has 0 fully saturated rings. The van der Waals surface area contributed by atoms with Crippen molar-refractivity contribution in [2.24, 2.45) is 0 Å². The van der Waals surface area contributed by atoms with Crippen LogP contribution in [0, 0.1) is 0 Å². The van der Waals surface area contributed by atoms with Crippen molar-refractivity contribution in [2.45, 2.75) is 20.4 Å². The zero-order valence-electron chi connectivity index (χ0n) is 15.5. The molecule has 0 aliphatic rings. The largest absolute Gasteiger partial charge is 0.334 e. The van der Waals surface area contributed by atoms with E-state index in [1.165, 1.54) is 4.90 Å². The Morgan fingerprint density at radius 1 is 1.19 bits per heavy atom. The summed E-state index contributed by atoms with van der Waals surface area (Å²) in [7, 11) is 0. The Labute approximate surface area is 162 Å². The summed E-state index contributed by atoms with van der Waals surface area (Å²) in [5, 5.41) is 3.37. The molecule has 0 unspecified atom stereocenters. The number of hydrogen-bond acceptors (Lipinski definition) is 2. The van der Waals surface area contributed by atoms with Gasteiger partial charge in [0.25, 0.3) is 5.91 Å². The number of likely N-dealkylation sites (N-methyl/N-ethyl adjacent to an activating group) is 1. The Balaban J connectivity index is 1.81. The first kappa shape index (κ1) is 19.2. The summed E-state index contributed by atoms with van der Waals surface area (Å²) in [4.78, 5) is 29.1. The first-order valence-corrected chi connectivity index (χ1v) is 9.52. The maximum absolute atomic E-state index is 12.5. The first-order valence-electron chi connectivity index (χ1n) is 9.14. The normalized spacial score (nSPS) is 11.3. The standard InChI is InChI=1S/C20H23ClN4O2/c1-3-24(4-2)10-11-25-18-9-8-14(12-17(18)23-20(25)27)19(26)22-16-7-5-6-15(21)13-16/h5-9,12-13H,3-4,10-11H2,1-2H3,(H,22,26)(H,23,27)/p+1. The number of aromatic amines is 1. The molecule has 0 aliphatic carbocycles. The molecule has 142 valence electrons. The third kappa shape index (κ3) is 4.40. The van der Waals surface area contributed by atoms with E-state index < -0.39 is 0 Å². The van der Waals surface area contributed by atoms with E-state index in [2.05, 4.69) is 24.1 Å². The van der Waals surface area contributed by atoms with E-state index in [4.69, 9.17) is 11.6 Å². The van der Waals surface area contributed by atoms with Gasteiger partial charge < -0.3 is 15.2 Å². The van der Waals surface area contributed by atoms with E-state index in [9.17, 15) is 9.59 Å². The highest BCUT2D eigenvalue weighted by Crippen LogP contribution is 2.17. The number of halogens is 1. The average Bonchev–Trinajstić information content (AvgIpc) is 2.97. The van der Waals surface area contributed by atoms with Gasteiger partial charge >= 0.3 is 5.69 Å². The quantitative estimate of drug-likeness (QED) is 0.581. The Bertz CT molecular complexity index is 1000. The molecule has 3 N–H and O–H groups in total. The van der Waals surface area contributed by atoms with Gasteiger partial charge in [-0.2, -0.15) is 0 Å². The van der Waals surface area contributed by atoms with Crippen LogP contribution in [-0.4, -0.2) is 35.1 Å². The van der Waals surface area contributed by atoms with Crippen molar-refractivity contribution in [1.82, 2.24) is 9.55 Å². The number of quaternary nitrogens is 1. The summed E-state index contributed by atoms with van der Waals surface area (Å²) >= 11 is 5.95. The molecule has 0 saturated carbocycles. The van der Waals surface area contributed by atoms with Crippen LogP contribution in [0.4, 0.5) is 5.69 Å². The maximum atomic E-state index is 12.5. The van der Waals surface area contributed by atoms with Gasteiger partial charge in [-0.3, -0.25) is 9.36 Å². The number of H-pyrrole nitrogens is 1. The molecule has 27 heavy (non-hydrogen) atoms. The number of imidazole rings is 1. The second kappa shape index (κ2) is 8.41. The number of rotatable bonds is 7. The van der Waals surface area contributed by atoms with Gasteiger partial charge in [-0.15, -0.1) is 0 Å². The van der Waals surface area contributed by atoms with E-state index >= 15 is 0 Å². The summed E-state index contributed by atoms with van der Waals surface area (Å²) in [5.74, 6) is -0.250. The Kier molecular flexibility index (Phi) is 5.98. The molecule has 3 aromatic rings. The van der Waals surface area contributed by atoms with Crippen LogP contribution < -0.4 is 15.9 Å². The Morgan fingerprint density at radius 2 is 1.96 bits per heavy atom. The van der Waals surface area contributed by atoms with Crippen LogP contribution in [0.1, 0.15) is 24.2 Å². The van der Waals surface area contributed by atoms with Gasteiger partial charge in [-0.25, -0.2) is 4.79 Å². The fourth-order valence-electron chi connectivity index (χ4n) is 3.17. The molecular formula is C20H24ClN4O2+. The number of hydrogen-bond donors (Lipinski definition) is 3. The van der Waals surface area contributed by atoms with Crippen molar-refractivity contribution >= 4 is 34.2 Å². The highest BCUT2D eigenvalue weighted by molar-refractivity contribution is 6.31. The van der Waals surface area contributed by atoms with Gasteiger partial charge in [-0.1, -0.05) is 17.7 Å². The maximum Gasteiger partial charge on any atom is 0.326 e. The fourth-order valence-corrected chi connectivity index (χ4v) is 3.36. The number of aromatic nitrogens is 2. The predicted molar refractivity (Wildman–Crippen MR) is 109 cm³/mol. The molecule has 0 atom stereocenters. The minimum Gasteiger partial charge on any atom is -0.334 e. The van der Waals surface area contributed by atoms with E-state index in [1.807, 2.05) is 6.07 Å². The lowest BCUT2D eigenvalue weighted by molar-refractivity contribution is -0.897. The molecule has 6 nitrogen and oxygen atoms in total. The van der Waals surface area contributed by atoms with E-state index in [-0.39, 0.29) is 11.6 Å². The number of benzene rings is 2. The first-order chi connectivity index (χ1) is 13.0. The third-order valence-corrected chi connectivity index (χ3v) is 5.04. The monoisotopic (exact) mass is 387 g/mol. The van der Waals surface area contributed by atoms with Gasteiger partial charge in [0, 0.05) is 16.3 Å². The number of nitrogens with zero attached hydrogens (tertiary/aromatic N) is 1. The van der Waals surface area contributed by atoms with Crippen LogP contribution >= 0.6 is 11.6 Å². The molecule has 0 saturated heterocycles. The number of amides is 1. The third-order valence-electron chi connectivity index (χ3n) is 4.81. The number of carbonyl (C=O) groups is 1. The van der Waals surface area contributed by atoms with Gasteiger partial charge in [-0.05, 0) is 50.2 Å². The summed E-state index contributed by atoms with van der Waals surface area (Å²) in [6, 6.07) is 12.2. The zero-order chi connectivity index (χ0) is 19.4. The Hall–Kier alpha value is -2.57. The second-order valence-corrected chi connectivity index (χ2v) is 6.92. The van der Waals surface area contributed by atoms with Crippen molar-refractivity contribution in [3.63, 3.8) is 0 Å². The minimum atomic E-state index is -0.250. The zero-order valence-corrected chi connectivity index (χ0v) is 16.3. The van der Waals surface area contributed by atoms with E-state index in [0.717, 1.165) is 25.2 Å². The summed E-state index contributed by atoms with van der Waals surface area (Å²) in [6.07, 6.45) is 0. The summed E-state index contributed by atoms with van der Waals surface area (Å²) in [5.41, 5.74) is 2.43. The molecule has 7 heteroatoms. The molecule has 1 amide bonds. The lowest BCUT2D eigenvalue weighted by Crippen LogP contribution is -3.11. The van der Waals surface area contributed by atoms with Crippen molar-refractivity contribution in [3.05, 3.63) is 63.5 Å². The van der Waals surface area contributed by atoms with Crippen LogP contribution in [-0.2, 0) is 6.54 Å². The SMILES string of the molecule is CC[NH+](CC)CCn1c(=O)[nH]c2cc(C(=O)Nc3cccc(Cl)c3)ccc21. The van der Waals surface area contributed by atoms with Crippen molar-refractivity contribution in [1.29, 1.82) is 0 Å². The molecule has 0 aliphatic heterocycles. The molecule has 3 rings (SSSR count). The molecule has 0 radical (unpaired) electrons. The minimum absolute atomic E-state index is 0.149. The predicted octanol–water partition coefficient (Wildman–Crippen LogP) is 2.16.